The fourth-order valence-electron chi connectivity index (χ4n) is 1.15. The van der Waals surface area contributed by atoms with E-state index in [1.54, 1.807) is 0 Å². The van der Waals surface area contributed by atoms with Crippen LogP contribution in [-0.4, -0.2) is 20.1 Å². The summed E-state index contributed by atoms with van der Waals surface area (Å²) in [6, 6.07) is -0.444. The van der Waals surface area contributed by atoms with Gasteiger partial charge in [0, 0.05) is 5.75 Å². The molecule has 0 amide bonds. The zero-order chi connectivity index (χ0) is 12.5. The van der Waals surface area contributed by atoms with Crippen molar-refractivity contribution in [3.8, 4) is 0 Å². The number of aromatic nitrogens is 1. The molecule has 1 fully saturated rings. The number of hydrogen-bond acceptors (Lipinski definition) is 8. The lowest BCUT2D eigenvalue weighted by Gasteiger charge is -2.03. The van der Waals surface area contributed by atoms with E-state index in [9.17, 15) is 14.4 Å². The van der Waals surface area contributed by atoms with Crippen LogP contribution in [0, 0.1) is 10.2 Å². The number of halogens is 1. The topological polar surface area (TPSA) is 146 Å². The smallest absolute Gasteiger partial charge is 0.285 e. The zero-order valence-electron chi connectivity index (χ0n) is 7.62. The van der Waals surface area contributed by atoms with E-state index in [0.29, 0.717) is 6.42 Å². The van der Waals surface area contributed by atoms with E-state index in [1.807, 2.05) is 0 Å². The average molecular weight is 272 g/mol. The van der Waals surface area contributed by atoms with E-state index < -0.39 is 27.4 Å². The van der Waals surface area contributed by atoms with Gasteiger partial charge in [-0.3, -0.25) is 19.0 Å². The first-order chi connectivity index (χ1) is 7.22. The molecule has 1 aliphatic heterocycles. The molecule has 1 N–H and O–H groups in total. The highest BCUT2D eigenvalue weighted by Crippen LogP contribution is 2.28. The van der Waals surface area contributed by atoms with Gasteiger partial charge in [-0.25, -0.2) is 0 Å². The third kappa shape index (κ3) is 3.70. The summed E-state index contributed by atoms with van der Waals surface area (Å²) in [7, 11) is -4.69. The molecule has 0 saturated carbocycles. The van der Waals surface area contributed by atoms with Gasteiger partial charge in [-0.1, -0.05) is 11.8 Å². The molecule has 2 rings (SSSR count). The van der Waals surface area contributed by atoms with Crippen molar-refractivity contribution in [2.24, 2.45) is 0 Å². The minimum atomic E-state index is -4.69. The first-order valence-corrected chi connectivity index (χ1v) is 6.14. The predicted molar refractivity (Wildman–Crippen MR) is 42.7 cm³/mol. The summed E-state index contributed by atoms with van der Waals surface area (Å²) in [4.78, 5) is 32.1. The van der Waals surface area contributed by atoms with Crippen LogP contribution in [0.3, 0.4) is 0 Å². The second-order valence-corrected chi connectivity index (χ2v) is 4.74. The summed E-state index contributed by atoms with van der Waals surface area (Å²) >= 11 is 1.19. The summed E-state index contributed by atoms with van der Waals surface area (Å²) in [5.74, 6) is 0.723. The minimum Gasteiger partial charge on any atom is -0.285 e. The molecule has 2 heterocycles. The van der Waals surface area contributed by atoms with Crippen LogP contribution < -0.4 is 25.1 Å². The Morgan fingerprint density at radius 3 is 1.94 bits per heavy atom. The van der Waals surface area contributed by atoms with Crippen molar-refractivity contribution in [2.75, 3.05) is 5.75 Å². The van der Waals surface area contributed by atoms with Crippen molar-refractivity contribution in [2.45, 2.75) is 12.5 Å². The third-order valence-electron chi connectivity index (χ3n) is 1.79. The Kier molecular flexibility index (Phi) is 3.88. The highest BCUT2D eigenvalue weighted by molar-refractivity contribution is 8.14. The van der Waals surface area contributed by atoms with Gasteiger partial charge in [-0.2, -0.15) is 14.0 Å². The van der Waals surface area contributed by atoms with Gasteiger partial charge in [0.15, 0.2) is 0 Å². The van der Waals surface area contributed by atoms with Crippen LogP contribution >= 0.6 is 11.8 Å². The molecule has 1 aromatic rings. The van der Waals surface area contributed by atoms with Gasteiger partial charge in [0.25, 0.3) is 0 Å². The second kappa shape index (κ2) is 4.65. The van der Waals surface area contributed by atoms with Crippen LogP contribution in [0.4, 0.5) is 0 Å². The lowest BCUT2D eigenvalue weighted by atomic mass is 10.3. The molecular weight excluding hydrogens is 266 g/mol. The maximum Gasteiger partial charge on any atom is 0.320 e. The summed E-state index contributed by atoms with van der Waals surface area (Å²) in [5, 5.41) is -0.0517. The zero-order valence-corrected chi connectivity index (χ0v) is 9.19. The van der Waals surface area contributed by atoms with Gasteiger partial charge in [-0.15, -0.1) is 0 Å². The predicted octanol–water partition coefficient (Wildman–Crippen LogP) is -4.84. The van der Waals surface area contributed by atoms with Crippen molar-refractivity contribution in [1.29, 1.82) is 0 Å². The van der Waals surface area contributed by atoms with Crippen LogP contribution in [0.5, 0.6) is 0 Å². The highest BCUT2D eigenvalue weighted by atomic mass is 35.7. The molecule has 0 spiro atoms. The lowest BCUT2D eigenvalue weighted by molar-refractivity contribution is -1.92. The molecule has 1 aromatic heterocycles. The monoisotopic (exact) mass is 271 g/mol. The van der Waals surface area contributed by atoms with Gasteiger partial charge in [0.1, 0.15) is 6.04 Å². The number of thioether (sulfide) groups is 1. The molecule has 1 saturated heterocycles. The van der Waals surface area contributed by atoms with Gasteiger partial charge in [-0.05, 0) is 6.42 Å². The third-order valence-corrected chi connectivity index (χ3v) is 2.79. The quantitative estimate of drug-likeness (QED) is 0.500. The number of carbonyl (C=O) groups is 1. The molecule has 16 heavy (non-hydrogen) atoms. The SMILES string of the molecule is O=C1SCCC1n1c(=O)c1=O.[O-][Cl+3]([O-])([O-])O. The number of rotatable bonds is 1. The van der Waals surface area contributed by atoms with E-state index in [4.69, 9.17) is 18.6 Å². The summed E-state index contributed by atoms with van der Waals surface area (Å²) in [6.07, 6.45) is 0.626. The molecular formula is C6H6ClNO7S. The molecule has 1 atom stereocenters. The van der Waals surface area contributed by atoms with Crippen LogP contribution in [0.1, 0.15) is 12.5 Å². The Balaban J connectivity index is 0.000000221. The molecule has 0 aromatic carbocycles. The Hall–Kier alpha value is -0.710. The number of carbonyl (C=O) groups excluding carboxylic acids is 1. The molecule has 1 aliphatic rings. The summed E-state index contributed by atoms with van der Waals surface area (Å²) in [5.41, 5.74) is -1.02. The molecule has 0 radical (unpaired) electrons. The minimum absolute atomic E-state index is 0.0517. The number of hydrogen-bond donors (Lipinski definition) is 1. The molecule has 1 unspecified atom stereocenters. The van der Waals surface area contributed by atoms with E-state index in [0.717, 1.165) is 10.3 Å². The highest BCUT2D eigenvalue weighted by Gasteiger charge is 2.34. The first-order valence-electron chi connectivity index (χ1n) is 3.89. The van der Waals surface area contributed by atoms with Gasteiger partial charge >= 0.3 is 11.1 Å². The first kappa shape index (κ1) is 13.4. The van der Waals surface area contributed by atoms with Crippen LogP contribution in [-0.2, 0) is 4.79 Å². The second-order valence-electron chi connectivity index (χ2n) is 2.85. The van der Waals surface area contributed by atoms with Crippen molar-refractivity contribution in [3.05, 3.63) is 20.7 Å². The molecule has 10 heteroatoms. The summed E-state index contributed by atoms with van der Waals surface area (Å²) < 4.78 is 33.8. The van der Waals surface area contributed by atoms with Crippen molar-refractivity contribution >= 4 is 16.9 Å². The Morgan fingerprint density at radius 2 is 1.69 bits per heavy atom. The van der Waals surface area contributed by atoms with Gasteiger partial charge < -0.3 is 0 Å². The maximum atomic E-state index is 11.0. The standard InChI is InChI=1S/C6H5NO3S.ClHO4/c8-4-5(9)7(4)3-1-2-11-6(3)10;2-1(3,4)5/h3H,1-2H2;(H,2,3,4,5). The van der Waals surface area contributed by atoms with Gasteiger partial charge in [0.05, 0.1) is 14.9 Å². The molecule has 90 valence electrons. The molecule has 0 aliphatic carbocycles. The van der Waals surface area contributed by atoms with Crippen molar-refractivity contribution < 1.29 is 33.7 Å². The van der Waals surface area contributed by atoms with Crippen molar-refractivity contribution in [3.63, 3.8) is 0 Å². The Bertz CT molecular complexity index is 425. The van der Waals surface area contributed by atoms with Crippen LogP contribution in [0.25, 0.3) is 0 Å². The Labute approximate surface area is 94.5 Å². The maximum absolute atomic E-state index is 11.0. The lowest BCUT2D eigenvalue weighted by Crippen LogP contribution is -2.58. The fraction of sp³-hybridized carbons (Fsp3) is 0.500. The van der Waals surface area contributed by atoms with Crippen LogP contribution in [0.15, 0.2) is 9.59 Å². The van der Waals surface area contributed by atoms with E-state index >= 15 is 0 Å². The van der Waals surface area contributed by atoms with E-state index in [2.05, 4.69) is 0 Å². The van der Waals surface area contributed by atoms with Crippen molar-refractivity contribution in [1.82, 2.24) is 4.57 Å². The fourth-order valence-corrected chi connectivity index (χ4v) is 2.11. The molecule has 8 nitrogen and oxygen atoms in total. The summed E-state index contributed by atoms with van der Waals surface area (Å²) in [6.45, 7) is 0. The van der Waals surface area contributed by atoms with E-state index in [1.165, 1.54) is 11.8 Å². The van der Waals surface area contributed by atoms with E-state index in [-0.39, 0.29) is 5.12 Å². The Morgan fingerprint density at radius 1 is 1.25 bits per heavy atom. The average Bonchev–Trinajstić information content (AvgIpc) is 2.54. The number of nitrogens with zero attached hydrogens (tertiary/aromatic N) is 1. The molecule has 0 bridgehead atoms. The van der Waals surface area contributed by atoms with Crippen LogP contribution in [0.2, 0.25) is 0 Å². The normalized spacial score (nSPS) is 21.0. The van der Waals surface area contributed by atoms with Gasteiger partial charge in [0.2, 0.25) is 5.12 Å². The largest absolute Gasteiger partial charge is 0.320 e.